The molecule has 2 aromatic rings. The van der Waals surface area contributed by atoms with Crippen molar-refractivity contribution in [3.63, 3.8) is 0 Å². The highest BCUT2D eigenvalue weighted by molar-refractivity contribution is 7.16. The first-order chi connectivity index (χ1) is 15.7. The van der Waals surface area contributed by atoms with Crippen LogP contribution in [-0.4, -0.2) is 46.3 Å². The number of aliphatic hydroxyl groups excluding tert-OH is 2. The van der Waals surface area contributed by atoms with Crippen molar-refractivity contribution >= 4 is 39.6 Å². The van der Waals surface area contributed by atoms with Crippen molar-refractivity contribution in [3.8, 4) is 12.3 Å². The van der Waals surface area contributed by atoms with E-state index >= 15 is 0 Å². The summed E-state index contributed by atoms with van der Waals surface area (Å²) in [6, 6.07) is 3.58. The Morgan fingerprint density at radius 1 is 1.39 bits per heavy atom. The summed E-state index contributed by atoms with van der Waals surface area (Å²) >= 11 is 2.77. The van der Waals surface area contributed by atoms with E-state index in [2.05, 4.69) is 23.5 Å². The third-order valence-electron chi connectivity index (χ3n) is 7.64. The number of thiophene rings is 1. The third-order valence-corrected chi connectivity index (χ3v) is 9.51. The molecule has 2 amide bonds. The minimum atomic E-state index is -0.692. The van der Waals surface area contributed by atoms with E-state index in [9.17, 15) is 19.8 Å². The maximum atomic E-state index is 12.7. The topological polar surface area (TPSA) is 112 Å². The monoisotopic (exact) mass is 487 g/mol. The summed E-state index contributed by atoms with van der Waals surface area (Å²) < 4.78 is 0. The fourth-order valence-corrected chi connectivity index (χ4v) is 7.36. The molecular formula is C24H29N3O4S2. The van der Waals surface area contributed by atoms with Crippen LogP contribution >= 0.6 is 22.7 Å². The molecule has 4 rings (SSSR count). The van der Waals surface area contributed by atoms with Gasteiger partial charge in [-0.2, -0.15) is 0 Å². The first-order valence-electron chi connectivity index (χ1n) is 11.1. The quantitative estimate of drug-likeness (QED) is 0.468. The predicted molar refractivity (Wildman–Crippen MR) is 129 cm³/mol. The minimum absolute atomic E-state index is 0.0435. The summed E-state index contributed by atoms with van der Waals surface area (Å²) in [6.45, 7) is 4.09. The van der Waals surface area contributed by atoms with Crippen molar-refractivity contribution in [2.75, 3.05) is 18.5 Å². The van der Waals surface area contributed by atoms with Crippen molar-refractivity contribution < 1.29 is 19.8 Å². The zero-order chi connectivity index (χ0) is 23.8. The van der Waals surface area contributed by atoms with Gasteiger partial charge in [0.1, 0.15) is 0 Å². The molecule has 0 unspecified atom stereocenters. The van der Waals surface area contributed by atoms with Crippen LogP contribution in [0.25, 0.3) is 0 Å². The Morgan fingerprint density at radius 3 is 2.85 bits per heavy atom. The van der Waals surface area contributed by atoms with Gasteiger partial charge in [-0.3, -0.25) is 14.9 Å². The number of terminal acetylenes is 1. The van der Waals surface area contributed by atoms with Crippen LogP contribution in [0.5, 0.6) is 0 Å². The summed E-state index contributed by atoms with van der Waals surface area (Å²) in [6.07, 6.45) is 6.80. The molecule has 2 aliphatic carbocycles. The molecule has 33 heavy (non-hydrogen) atoms. The first kappa shape index (κ1) is 23.9. The molecule has 0 aromatic carbocycles. The number of anilines is 1. The average Bonchev–Trinajstić information content (AvgIpc) is 3.46. The molecule has 7 nitrogen and oxygen atoms in total. The van der Waals surface area contributed by atoms with E-state index in [1.807, 2.05) is 18.4 Å². The second-order valence-electron chi connectivity index (χ2n) is 9.48. The third kappa shape index (κ3) is 4.21. The Labute approximate surface area is 201 Å². The van der Waals surface area contributed by atoms with Crippen molar-refractivity contribution in [3.05, 3.63) is 33.0 Å². The number of nitrogens with one attached hydrogen (secondary N) is 2. The van der Waals surface area contributed by atoms with Gasteiger partial charge in [-0.25, -0.2) is 4.98 Å². The lowest BCUT2D eigenvalue weighted by Gasteiger charge is -2.58. The number of carbonyl (C=O) groups excluding carboxylic acids is 2. The molecule has 1 fully saturated rings. The van der Waals surface area contributed by atoms with Gasteiger partial charge >= 0.3 is 0 Å². The number of hydrogen-bond donors (Lipinski definition) is 4. The summed E-state index contributed by atoms with van der Waals surface area (Å²) in [4.78, 5) is 31.7. The van der Waals surface area contributed by atoms with Gasteiger partial charge in [-0.1, -0.05) is 25.8 Å². The highest BCUT2D eigenvalue weighted by Gasteiger charge is 2.59. The van der Waals surface area contributed by atoms with Gasteiger partial charge in [0.25, 0.3) is 5.91 Å². The molecule has 0 radical (unpaired) electrons. The minimum Gasteiger partial charge on any atom is -0.396 e. The number of fused-ring (bicyclic) bond motifs is 2. The number of nitrogens with zero attached hydrogens (tertiary/aromatic N) is 1. The lowest BCUT2D eigenvalue weighted by atomic mass is 9.47. The number of thiazole rings is 1. The molecule has 4 N–H and O–H groups in total. The smallest absolute Gasteiger partial charge is 0.267 e. The predicted octanol–water partition coefficient (Wildman–Crippen LogP) is 3.01. The fraction of sp³-hybridized carbons (Fsp3) is 0.542. The van der Waals surface area contributed by atoms with Crippen molar-refractivity contribution in [1.82, 2.24) is 10.3 Å². The van der Waals surface area contributed by atoms with Crippen LogP contribution < -0.4 is 10.6 Å². The zero-order valence-corrected chi connectivity index (χ0v) is 20.4. The van der Waals surface area contributed by atoms with Crippen LogP contribution in [0, 0.1) is 29.1 Å². The van der Waals surface area contributed by atoms with Crippen LogP contribution in [0.2, 0.25) is 0 Å². The lowest BCUT2D eigenvalue weighted by molar-refractivity contribution is -0.144. The van der Waals surface area contributed by atoms with Gasteiger partial charge in [-0.05, 0) is 42.0 Å². The van der Waals surface area contributed by atoms with Gasteiger partial charge in [0.05, 0.1) is 29.8 Å². The second-order valence-corrected chi connectivity index (χ2v) is 11.5. The number of aromatic nitrogens is 1. The Kier molecular flexibility index (Phi) is 6.65. The van der Waals surface area contributed by atoms with E-state index in [1.165, 1.54) is 22.7 Å². The molecule has 0 saturated heterocycles. The Hall–Kier alpha value is -2.25. The van der Waals surface area contributed by atoms with Crippen LogP contribution in [-0.2, 0) is 11.2 Å². The molecule has 2 aliphatic rings. The van der Waals surface area contributed by atoms with Crippen LogP contribution in [0.3, 0.4) is 0 Å². The van der Waals surface area contributed by atoms with Gasteiger partial charge in [-0.15, -0.1) is 29.1 Å². The highest BCUT2D eigenvalue weighted by Crippen LogP contribution is 2.62. The number of amides is 2. The molecular weight excluding hydrogens is 458 g/mol. The van der Waals surface area contributed by atoms with Crippen molar-refractivity contribution in [2.24, 2.45) is 16.7 Å². The maximum absolute atomic E-state index is 12.7. The van der Waals surface area contributed by atoms with Gasteiger partial charge in [0, 0.05) is 22.6 Å². The number of hydrogen-bond acceptors (Lipinski definition) is 7. The van der Waals surface area contributed by atoms with E-state index in [4.69, 9.17) is 11.4 Å². The molecule has 5 atom stereocenters. The van der Waals surface area contributed by atoms with E-state index in [-0.39, 0.29) is 48.6 Å². The second kappa shape index (κ2) is 9.18. The van der Waals surface area contributed by atoms with Crippen LogP contribution in [0.1, 0.15) is 59.3 Å². The molecule has 1 saturated carbocycles. The Balaban J connectivity index is 1.71. The molecule has 0 bridgehead atoms. The number of carbonyl (C=O) groups is 2. The van der Waals surface area contributed by atoms with Gasteiger partial charge < -0.3 is 15.5 Å². The van der Waals surface area contributed by atoms with E-state index in [0.29, 0.717) is 22.9 Å². The Bertz CT molecular complexity index is 1080. The lowest BCUT2D eigenvalue weighted by Crippen LogP contribution is -2.57. The number of aliphatic hydroxyl groups is 2. The number of rotatable bonds is 6. The van der Waals surface area contributed by atoms with E-state index in [1.54, 1.807) is 6.07 Å². The highest BCUT2D eigenvalue weighted by atomic mass is 32.1. The molecule has 0 aliphatic heterocycles. The van der Waals surface area contributed by atoms with Crippen LogP contribution in [0.4, 0.5) is 5.13 Å². The molecule has 9 heteroatoms. The van der Waals surface area contributed by atoms with Crippen molar-refractivity contribution in [1.29, 1.82) is 0 Å². The standard InChI is InChI=1S/C24H29N3O4S2/c1-4-9-25-19(30)11-14-20-16(33-22(26-20)27-21(31)15-6-5-10-32-15)12-17-23(14,2)8-7-18(29)24(17,3)13-28/h1,5-6,10,14,17-18,28-29H,7-9,11-13H2,2-3H3,(H,25,30)(H,26,27,31)/t14-,17+,18-,23+,24+/m1/s1. The van der Waals surface area contributed by atoms with Gasteiger partial charge in [0.2, 0.25) is 5.91 Å². The van der Waals surface area contributed by atoms with Crippen molar-refractivity contribution in [2.45, 2.75) is 51.6 Å². The van der Waals surface area contributed by atoms with E-state index in [0.717, 1.165) is 17.0 Å². The normalized spacial score (nSPS) is 30.6. The van der Waals surface area contributed by atoms with E-state index < -0.39 is 11.5 Å². The maximum Gasteiger partial charge on any atom is 0.267 e. The SMILES string of the molecule is C#CCNC(=O)C[C@@H]1c2nc(NC(=O)c3cccs3)sc2C[C@@H]2[C@](C)(CO)[C@H](O)CC[C@]21C. The fourth-order valence-electron chi connectivity index (χ4n) is 5.67. The summed E-state index contributed by atoms with van der Waals surface area (Å²) in [5.41, 5.74) is -0.212. The zero-order valence-electron chi connectivity index (χ0n) is 18.8. The largest absolute Gasteiger partial charge is 0.396 e. The van der Waals surface area contributed by atoms with Crippen LogP contribution in [0.15, 0.2) is 17.5 Å². The summed E-state index contributed by atoms with van der Waals surface area (Å²) in [5, 5.41) is 29.1. The molecule has 176 valence electrons. The summed E-state index contributed by atoms with van der Waals surface area (Å²) in [7, 11) is 0. The summed E-state index contributed by atoms with van der Waals surface area (Å²) in [5.74, 6) is 1.81. The molecule has 2 heterocycles. The molecule has 0 spiro atoms. The first-order valence-corrected chi connectivity index (χ1v) is 12.8. The molecule has 2 aromatic heterocycles. The average molecular weight is 488 g/mol. The van der Waals surface area contributed by atoms with Gasteiger partial charge in [0.15, 0.2) is 5.13 Å². The Morgan fingerprint density at radius 2 is 2.18 bits per heavy atom.